The van der Waals surface area contributed by atoms with Crippen LogP contribution in [0.15, 0.2) is 77.7 Å². The molecular formula is C23H24N2O5S. The van der Waals surface area contributed by atoms with Crippen molar-refractivity contribution in [2.24, 2.45) is 0 Å². The number of para-hydroxylation sites is 2. The average Bonchev–Trinajstić information content (AvgIpc) is 2.79. The third-order valence-electron chi connectivity index (χ3n) is 4.72. The van der Waals surface area contributed by atoms with Gasteiger partial charge in [0.05, 0.1) is 30.4 Å². The van der Waals surface area contributed by atoms with Crippen LogP contribution in [0.3, 0.4) is 0 Å². The Labute approximate surface area is 182 Å². The molecule has 0 radical (unpaired) electrons. The minimum Gasteiger partial charge on any atom is -0.497 e. The molecule has 3 aromatic rings. The molecule has 7 nitrogen and oxygen atoms in total. The molecule has 31 heavy (non-hydrogen) atoms. The van der Waals surface area contributed by atoms with E-state index in [0.29, 0.717) is 18.0 Å². The number of anilines is 1. The lowest BCUT2D eigenvalue weighted by Gasteiger charge is -2.21. The highest BCUT2D eigenvalue weighted by Crippen LogP contribution is 2.24. The van der Waals surface area contributed by atoms with Gasteiger partial charge in [0.25, 0.3) is 15.9 Å². The van der Waals surface area contributed by atoms with Crippen molar-refractivity contribution in [2.75, 3.05) is 26.0 Å². The number of nitrogens with zero attached hydrogens (tertiary/aromatic N) is 1. The molecule has 3 rings (SSSR count). The monoisotopic (exact) mass is 440 g/mol. The number of nitrogens with one attached hydrogen (secondary N) is 1. The standard InChI is InChI=1S/C23H24N2O5S/c1-25(16-17-8-4-7-11-22(17)30-3)23(26)20-9-5-6-10-21(20)24-31(27,28)19-14-12-18(29-2)13-15-19/h4-15,24H,16H2,1-3H3. The van der Waals surface area contributed by atoms with Crippen LogP contribution in [0.4, 0.5) is 5.69 Å². The molecule has 0 aliphatic carbocycles. The lowest BCUT2D eigenvalue weighted by atomic mass is 10.1. The third kappa shape index (κ3) is 5.16. The molecule has 0 fully saturated rings. The van der Waals surface area contributed by atoms with Crippen LogP contribution >= 0.6 is 0 Å². The van der Waals surface area contributed by atoms with E-state index < -0.39 is 10.0 Å². The number of benzene rings is 3. The molecule has 0 unspecified atom stereocenters. The number of methoxy groups -OCH3 is 2. The maximum Gasteiger partial charge on any atom is 0.261 e. The van der Waals surface area contributed by atoms with Gasteiger partial charge in [-0.3, -0.25) is 9.52 Å². The lowest BCUT2D eigenvalue weighted by Crippen LogP contribution is -2.27. The molecule has 0 bridgehead atoms. The van der Waals surface area contributed by atoms with Crippen molar-refractivity contribution in [1.29, 1.82) is 0 Å². The second-order valence-electron chi connectivity index (χ2n) is 6.80. The summed E-state index contributed by atoms with van der Waals surface area (Å²) in [5, 5.41) is 0. The highest BCUT2D eigenvalue weighted by molar-refractivity contribution is 7.92. The van der Waals surface area contributed by atoms with E-state index in [1.54, 1.807) is 50.6 Å². The lowest BCUT2D eigenvalue weighted by molar-refractivity contribution is 0.0785. The van der Waals surface area contributed by atoms with Crippen LogP contribution in [0.25, 0.3) is 0 Å². The summed E-state index contributed by atoms with van der Waals surface area (Å²) in [5.74, 6) is 0.905. The summed E-state index contributed by atoms with van der Waals surface area (Å²) in [5.41, 5.74) is 1.30. The maximum absolute atomic E-state index is 13.1. The van der Waals surface area contributed by atoms with Crippen LogP contribution < -0.4 is 14.2 Å². The van der Waals surface area contributed by atoms with Crippen LogP contribution in [0.1, 0.15) is 15.9 Å². The SMILES string of the molecule is COc1ccc(S(=O)(=O)Nc2ccccc2C(=O)N(C)Cc2ccccc2OC)cc1. The Morgan fingerprint density at radius 3 is 2.23 bits per heavy atom. The molecule has 0 spiro atoms. The second-order valence-corrected chi connectivity index (χ2v) is 8.48. The van der Waals surface area contributed by atoms with E-state index in [1.165, 1.54) is 24.1 Å². The topological polar surface area (TPSA) is 84.9 Å². The zero-order valence-electron chi connectivity index (χ0n) is 17.5. The number of carbonyl (C=O) groups excluding carboxylic acids is 1. The van der Waals surface area contributed by atoms with Gasteiger partial charge in [-0.15, -0.1) is 0 Å². The minimum atomic E-state index is -3.89. The maximum atomic E-state index is 13.1. The number of hydrogen-bond donors (Lipinski definition) is 1. The van der Waals surface area contributed by atoms with Crippen LogP contribution in [-0.2, 0) is 16.6 Å². The number of rotatable bonds is 8. The summed E-state index contributed by atoms with van der Waals surface area (Å²) >= 11 is 0. The highest BCUT2D eigenvalue weighted by atomic mass is 32.2. The van der Waals surface area contributed by atoms with Crippen molar-refractivity contribution in [3.63, 3.8) is 0 Å². The molecule has 0 aliphatic heterocycles. The first-order valence-corrected chi connectivity index (χ1v) is 11.0. The fourth-order valence-electron chi connectivity index (χ4n) is 3.08. The Balaban J connectivity index is 1.84. The number of carbonyl (C=O) groups is 1. The van der Waals surface area contributed by atoms with Crippen molar-refractivity contribution in [2.45, 2.75) is 11.4 Å². The number of amides is 1. The number of sulfonamides is 1. The smallest absolute Gasteiger partial charge is 0.261 e. The zero-order valence-corrected chi connectivity index (χ0v) is 18.3. The summed E-state index contributed by atoms with van der Waals surface area (Å²) in [6.07, 6.45) is 0. The van der Waals surface area contributed by atoms with Gasteiger partial charge in [-0.25, -0.2) is 8.42 Å². The predicted molar refractivity (Wildman–Crippen MR) is 119 cm³/mol. The Morgan fingerprint density at radius 2 is 1.55 bits per heavy atom. The summed E-state index contributed by atoms with van der Waals surface area (Å²) in [6, 6.07) is 19.9. The molecule has 0 aromatic heterocycles. The van der Waals surface area contributed by atoms with Gasteiger partial charge in [0.1, 0.15) is 11.5 Å². The fourth-order valence-corrected chi connectivity index (χ4v) is 4.16. The van der Waals surface area contributed by atoms with Gasteiger partial charge in [0.15, 0.2) is 0 Å². The molecule has 1 amide bonds. The predicted octanol–water partition coefficient (Wildman–Crippen LogP) is 3.78. The number of hydrogen-bond acceptors (Lipinski definition) is 5. The minimum absolute atomic E-state index is 0.0675. The van der Waals surface area contributed by atoms with E-state index in [1.807, 2.05) is 24.3 Å². The quantitative estimate of drug-likeness (QED) is 0.576. The highest BCUT2D eigenvalue weighted by Gasteiger charge is 2.21. The van der Waals surface area contributed by atoms with Crippen molar-refractivity contribution in [3.8, 4) is 11.5 Å². The summed E-state index contributed by atoms with van der Waals surface area (Å²) < 4.78 is 38.6. The molecule has 3 aromatic carbocycles. The first kappa shape index (κ1) is 22.2. The van der Waals surface area contributed by atoms with Crippen molar-refractivity contribution >= 4 is 21.6 Å². The van der Waals surface area contributed by atoms with Crippen LogP contribution in [-0.4, -0.2) is 40.5 Å². The van der Waals surface area contributed by atoms with Gasteiger partial charge in [-0.2, -0.15) is 0 Å². The summed E-state index contributed by atoms with van der Waals surface area (Å²) in [7, 11) is 0.849. The van der Waals surface area contributed by atoms with Gasteiger partial charge >= 0.3 is 0 Å². The van der Waals surface area contributed by atoms with Gasteiger partial charge in [-0.1, -0.05) is 30.3 Å². The second kappa shape index (κ2) is 9.53. The molecule has 0 saturated heterocycles. The molecule has 0 heterocycles. The van der Waals surface area contributed by atoms with Gasteiger partial charge in [0, 0.05) is 19.2 Å². The van der Waals surface area contributed by atoms with E-state index in [0.717, 1.165) is 5.56 Å². The Kier molecular flexibility index (Phi) is 6.81. The Bertz CT molecular complexity index is 1160. The van der Waals surface area contributed by atoms with Gasteiger partial charge in [0.2, 0.25) is 0 Å². The van der Waals surface area contributed by atoms with E-state index >= 15 is 0 Å². The van der Waals surface area contributed by atoms with Gasteiger partial charge < -0.3 is 14.4 Å². The molecule has 0 saturated carbocycles. The van der Waals surface area contributed by atoms with E-state index in [2.05, 4.69) is 4.72 Å². The fraction of sp³-hybridized carbons (Fsp3) is 0.174. The van der Waals surface area contributed by atoms with E-state index in [-0.39, 0.29) is 22.1 Å². The van der Waals surface area contributed by atoms with Gasteiger partial charge in [-0.05, 0) is 42.5 Å². The summed E-state index contributed by atoms with van der Waals surface area (Å²) in [6.45, 7) is 0.308. The summed E-state index contributed by atoms with van der Waals surface area (Å²) in [4.78, 5) is 14.7. The van der Waals surface area contributed by atoms with E-state index in [9.17, 15) is 13.2 Å². The van der Waals surface area contributed by atoms with Crippen LogP contribution in [0, 0.1) is 0 Å². The first-order chi connectivity index (χ1) is 14.9. The van der Waals surface area contributed by atoms with Crippen molar-refractivity contribution in [3.05, 3.63) is 83.9 Å². The molecule has 8 heteroatoms. The van der Waals surface area contributed by atoms with Crippen molar-refractivity contribution < 1.29 is 22.7 Å². The molecule has 0 atom stereocenters. The Morgan fingerprint density at radius 1 is 0.903 bits per heavy atom. The normalized spacial score (nSPS) is 10.9. The zero-order chi connectivity index (χ0) is 22.4. The number of ether oxygens (including phenoxy) is 2. The third-order valence-corrected chi connectivity index (χ3v) is 6.10. The molecular weight excluding hydrogens is 416 g/mol. The largest absolute Gasteiger partial charge is 0.497 e. The first-order valence-electron chi connectivity index (χ1n) is 9.49. The Hall–Kier alpha value is -3.52. The average molecular weight is 441 g/mol. The molecule has 162 valence electrons. The molecule has 0 aliphatic rings. The van der Waals surface area contributed by atoms with Crippen LogP contribution in [0.2, 0.25) is 0 Å². The van der Waals surface area contributed by atoms with Crippen LogP contribution in [0.5, 0.6) is 11.5 Å². The van der Waals surface area contributed by atoms with Crippen molar-refractivity contribution in [1.82, 2.24) is 4.90 Å². The molecule has 1 N–H and O–H groups in total. The van der Waals surface area contributed by atoms with E-state index in [4.69, 9.17) is 9.47 Å².